The van der Waals surface area contributed by atoms with Crippen LogP contribution in [-0.2, 0) is 13.0 Å². The van der Waals surface area contributed by atoms with Crippen LogP contribution in [0, 0.1) is 0 Å². The van der Waals surface area contributed by atoms with Gasteiger partial charge in [0, 0.05) is 18.7 Å². The van der Waals surface area contributed by atoms with E-state index in [4.69, 9.17) is 9.84 Å². The molecule has 0 atom stereocenters. The van der Waals surface area contributed by atoms with E-state index in [1.807, 2.05) is 0 Å². The second-order valence-electron chi connectivity index (χ2n) is 4.49. The predicted octanol–water partition coefficient (Wildman–Crippen LogP) is 2.73. The molecule has 0 radical (unpaired) electrons. The fourth-order valence-corrected chi connectivity index (χ4v) is 2.90. The third kappa shape index (κ3) is 3.79. The average Bonchev–Trinajstić information content (AvgIpc) is 2.93. The standard InChI is InChI=1S/C15H19N3O3S/c1-3-13-16-17-15(18(13)4-2)22-10-9-21-12-8-6-5-7-11(12)14(19)20/h5-8H,3-4,9-10H2,1-2H3,(H,19,20). The van der Waals surface area contributed by atoms with E-state index in [-0.39, 0.29) is 5.56 Å². The summed E-state index contributed by atoms with van der Waals surface area (Å²) in [6.07, 6.45) is 0.851. The largest absolute Gasteiger partial charge is 0.492 e. The Morgan fingerprint density at radius 1 is 1.32 bits per heavy atom. The zero-order chi connectivity index (χ0) is 15.9. The van der Waals surface area contributed by atoms with Gasteiger partial charge in [-0.3, -0.25) is 0 Å². The number of aromatic nitrogens is 3. The van der Waals surface area contributed by atoms with Crippen molar-refractivity contribution in [2.75, 3.05) is 12.4 Å². The number of carbonyl (C=O) groups is 1. The highest BCUT2D eigenvalue weighted by atomic mass is 32.2. The van der Waals surface area contributed by atoms with Crippen LogP contribution in [0.25, 0.3) is 0 Å². The van der Waals surface area contributed by atoms with Crippen molar-refractivity contribution in [3.05, 3.63) is 35.7 Å². The molecule has 1 N–H and O–H groups in total. The van der Waals surface area contributed by atoms with Gasteiger partial charge in [-0.05, 0) is 19.1 Å². The lowest BCUT2D eigenvalue weighted by atomic mass is 10.2. The number of hydrogen-bond acceptors (Lipinski definition) is 5. The van der Waals surface area contributed by atoms with E-state index in [2.05, 4.69) is 28.6 Å². The lowest BCUT2D eigenvalue weighted by Crippen LogP contribution is -2.07. The normalized spacial score (nSPS) is 10.6. The van der Waals surface area contributed by atoms with Gasteiger partial charge in [-0.2, -0.15) is 0 Å². The topological polar surface area (TPSA) is 77.2 Å². The van der Waals surface area contributed by atoms with E-state index in [1.54, 1.807) is 30.0 Å². The lowest BCUT2D eigenvalue weighted by Gasteiger charge is -2.09. The van der Waals surface area contributed by atoms with Crippen LogP contribution in [0.15, 0.2) is 29.4 Å². The third-order valence-corrected chi connectivity index (χ3v) is 4.05. The van der Waals surface area contributed by atoms with E-state index in [1.165, 1.54) is 6.07 Å². The van der Waals surface area contributed by atoms with Crippen LogP contribution in [0.2, 0.25) is 0 Å². The summed E-state index contributed by atoms with van der Waals surface area (Å²) in [5.74, 6) is 1.06. The van der Waals surface area contributed by atoms with Gasteiger partial charge < -0.3 is 14.4 Å². The summed E-state index contributed by atoms with van der Waals surface area (Å²) in [7, 11) is 0. The minimum absolute atomic E-state index is 0.178. The first kappa shape index (κ1) is 16.4. The van der Waals surface area contributed by atoms with Gasteiger partial charge in [0.05, 0.1) is 6.61 Å². The third-order valence-electron chi connectivity index (χ3n) is 3.12. The SMILES string of the molecule is CCc1nnc(SCCOc2ccccc2C(=O)O)n1CC. The summed E-state index contributed by atoms with van der Waals surface area (Å²) in [6, 6.07) is 6.64. The summed E-state index contributed by atoms with van der Waals surface area (Å²) >= 11 is 1.56. The second kappa shape index (κ2) is 7.84. The van der Waals surface area contributed by atoms with Crippen LogP contribution in [0.5, 0.6) is 5.75 Å². The first-order chi connectivity index (χ1) is 10.7. The van der Waals surface area contributed by atoms with Crippen LogP contribution in [0.3, 0.4) is 0 Å². The molecule has 6 nitrogen and oxygen atoms in total. The average molecular weight is 321 g/mol. The minimum Gasteiger partial charge on any atom is -0.492 e. The van der Waals surface area contributed by atoms with Crippen molar-refractivity contribution >= 4 is 17.7 Å². The van der Waals surface area contributed by atoms with Crippen molar-refractivity contribution in [3.63, 3.8) is 0 Å². The van der Waals surface area contributed by atoms with Gasteiger partial charge in [0.25, 0.3) is 0 Å². The Bertz CT molecular complexity index is 643. The molecule has 118 valence electrons. The van der Waals surface area contributed by atoms with E-state index < -0.39 is 5.97 Å². The monoisotopic (exact) mass is 321 g/mol. The van der Waals surface area contributed by atoms with Gasteiger partial charge in [-0.15, -0.1) is 10.2 Å². The molecule has 0 fully saturated rings. The van der Waals surface area contributed by atoms with E-state index in [0.29, 0.717) is 18.1 Å². The van der Waals surface area contributed by atoms with Crippen molar-refractivity contribution in [3.8, 4) is 5.75 Å². The highest BCUT2D eigenvalue weighted by Gasteiger charge is 2.11. The van der Waals surface area contributed by atoms with Crippen LogP contribution in [0.4, 0.5) is 0 Å². The summed E-state index contributed by atoms with van der Waals surface area (Å²) in [6.45, 7) is 5.36. The lowest BCUT2D eigenvalue weighted by molar-refractivity contribution is 0.0692. The maximum atomic E-state index is 11.1. The Morgan fingerprint density at radius 2 is 2.09 bits per heavy atom. The van der Waals surface area contributed by atoms with Gasteiger partial charge in [-0.25, -0.2) is 4.79 Å². The van der Waals surface area contributed by atoms with Gasteiger partial charge in [-0.1, -0.05) is 30.8 Å². The van der Waals surface area contributed by atoms with E-state index in [0.717, 1.165) is 23.9 Å². The molecule has 22 heavy (non-hydrogen) atoms. The maximum absolute atomic E-state index is 11.1. The number of carboxylic acid groups (broad SMARTS) is 1. The summed E-state index contributed by atoms with van der Waals surface area (Å²) in [5.41, 5.74) is 0.178. The fourth-order valence-electron chi connectivity index (χ4n) is 2.06. The molecule has 0 amide bonds. The molecule has 1 aromatic heterocycles. The molecule has 0 saturated carbocycles. The highest BCUT2D eigenvalue weighted by Crippen LogP contribution is 2.20. The van der Waals surface area contributed by atoms with Crippen molar-refractivity contribution < 1.29 is 14.6 Å². The number of aryl methyl sites for hydroxylation is 1. The molecule has 0 saturated heterocycles. The maximum Gasteiger partial charge on any atom is 0.339 e. The van der Waals surface area contributed by atoms with Crippen LogP contribution < -0.4 is 4.74 Å². The number of thioether (sulfide) groups is 1. The molecule has 1 heterocycles. The molecule has 0 aliphatic carbocycles. The van der Waals surface area contributed by atoms with Gasteiger partial charge >= 0.3 is 5.97 Å². The van der Waals surface area contributed by atoms with Crippen molar-refractivity contribution in [2.45, 2.75) is 32.0 Å². The predicted molar refractivity (Wildman–Crippen MR) is 84.7 cm³/mol. The Hall–Kier alpha value is -2.02. The number of para-hydroxylation sites is 1. The van der Waals surface area contributed by atoms with Crippen molar-refractivity contribution in [1.82, 2.24) is 14.8 Å². The molecule has 0 bridgehead atoms. The van der Waals surface area contributed by atoms with Gasteiger partial charge in [0.2, 0.25) is 0 Å². The number of rotatable bonds is 8. The molecule has 0 aliphatic heterocycles. The number of hydrogen-bond donors (Lipinski definition) is 1. The summed E-state index contributed by atoms with van der Waals surface area (Å²) in [5, 5.41) is 18.3. The molecular weight excluding hydrogens is 302 g/mol. The molecule has 1 aromatic carbocycles. The quantitative estimate of drug-likeness (QED) is 0.595. The number of carboxylic acids is 1. The van der Waals surface area contributed by atoms with Crippen LogP contribution >= 0.6 is 11.8 Å². The molecule has 0 spiro atoms. The first-order valence-corrected chi connectivity index (χ1v) is 8.15. The molecule has 7 heteroatoms. The highest BCUT2D eigenvalue weighted by molar-refractivity contribution is 7.99. The minimum atomic E-state index is -0.985. The zero-order valence-corrected chi connectivity index (χ0v) is 13.5. The molecule has 2 rings (SSSR count). The number of benzene rings is 1. The number of nitrogens with zero attached hydrogens (tertiary/aromatic N) is 3. The molecule has 0 aliphatic rings. The van der Waals surface area contributed by atoms with Gasteiger partial charge in [0.15, 0.2) is 5.16 Å². The van der Waals surface area contributed by atoms with Crippen molar-refractivity contribution in [2.24, 2.45) is 0 Å². The van der Waals surface area contributed by atoms with Crippen molar-refractivity contribution in [1.29, 1.82) is 0 Å². The summed E-state index contributed by atoms with van der Waals surface area (Å²) < 4.78 is 7.65. The molecule has 2 aromatic rings. The second-order valence-corrected chi connectivity index (χ2v) is 5.56. The first-order valence-electron chi connectivity index (χ1n) is 7.17. The molecular formula is C15H19N3O3S. The van der Waals surface area contributed by atoms with E-state index in [9.17, 15) is 4.79 Å². The number of aromatic carboxylic acids is 1. The Morgan fingerprint density at radius 3 is 2.77 bits per heavy atom. The summed E-state index contributed by atoms with van der Waals surface area (Å²) in [4.78, 5) is 11.1. The Kier molecular flexibility index (Phi) is 5.83. The van der Waals surface area contributed by atoms with Crippen LogP contribution in [0.1, 0.15) is 30.0 Å². The number of ether oxygens (including phenoxy) is 1. The molecule has 0 unspecified atom stereocenters. The van der Waals surface area contributed by atoms with Gasteiger partial charge in [0.1, 0.15) is 17.1 Å². The zero-order valence-electron chi connectivity index (χ0n) is 12.7. The Labute approximate surface area is 133 Å². The smallest absolute Gasteiger partial charge is 0.339 e. The van der Waals surface area contributed by atoms with Crippen LogP contribution in [-0.4, -0.2) is 38.2 Å². The van der Waals surface area contributed by atoms with E-state index >= 15 is 0 Å². The Balaban J connectivity index is 1.90. The fraction of sp³-hybridized carbons (Fsp3) is 0.400.